The van der Waals surface area contributed by atoms with Gasteiger partial charge in [-0.15, -0.1) is 6.58 Å². The number of ether oxygens (including phenoxy) is 1. The molecule has 1 N–H and O–H groups in total. The van der Waals surface area contributed by atoms with Gasteiger partial charge in [0.05, 0.1) is 6.10 Å². The van der Waals surface area contributed by atoms with Crippen molar-refractivity contribution < 1.29 is 4.74 Å². The largest absolute Gasteiger partial charge is 0.378 e. The molecule has 0 saturated heterocycles. The third-order valence-corrected chi connectivity index (χ3v) is 2.75. The predicted molar refractivity (Wildman–Crippen MR) is 65.1 cm³/mol. The van der Waals surface area contributed by atoms with Crippen molar-refractivity contribution in [2.45, 2.75) is 57.6 Å². The Morgan fingerprint density at radius 2 is 2.27 bits per heavy atom. The Morgan fingerprint density at radius 3 is 2.93 bits per heavy atom. The first-order valence-electron chi connectivity index (χ1n) is 6.29. The van der Waals surface area contributed by atoms with Gasteiger partial charge in [0.25, 0.3) is 0 Å². The average Bonchev–Trinajstić information content (AvgIpc) is 3.03. The molecular formula is C13H25NO. The van der Waals surface area contributed by atoms with Crippen LogP contribution in [0, 0.1) is 0 Å². The summed E-state index contributed by atoms with van der Waals surface area (Å²) in [6.45, 7) is 7.90. The van der Waals surface area contributed by atoms with Crippen LogP contribution >= 0.6 is 0 Å². The second-order valence-corrected chi connectivity index (χ2v) is 4.48. The molecule has 0 aromatic heterocycles. The van der Waals surface area contributed by atoms with Gasteiger partial charge in [-0.25, -0.2) is 0 Å². The Morgan fingerprint density at radius 1 is 1.47 bits per heavy atom. The van der Waals surface area contributed by atoms with Crippen LogP contribution in [0.1, 0.15) is 45.4 Å². The van der Waals surface area contributed by atoms with Crippen LogP contribution in [0.4, 0.5) is 0 Å². The van der Waals surface area contributed by atoms with E-state index in [1.165, 1.54) is 25.7 Å². The van der Waals surface area contributed by atoms with E-state index < -0.39 is 0 Å². The first-order valence-corrected chi connectivity index (χ1v) is 6.29. The van der Waals surface area contributed by atoms with E-state index in [0.29, 0.717) is 6.10 Å². The van der Waals surface area contributed by atoms with Gasteiger partial charge in [0.15, 0.2) is 0 Å². The van der Waals surface area contributed by atoms with Crippen LogP contribution in [0.15, 0.2) is 12.7 Å². The normalized spacial score (nSPS) is 17.7. The SMILES string of the molecule is C=CCCCOC(C)CCCNC1CC1. The van der Waals surface area contributed by atoms with Crippen LogP contribution in [0.5, 0.6) is 0 Å². The third-order valence-electron chi connectivity index (χ3n) is 2.75. The van der Waals surface area contributed by atoms with Crippen molar-refractivity contribution in [3.63, 3.8) is 0 Å². The van der Waals surface area contributed by atoms with Gasteiger partial charge in [0.1, 0.15) is 0 Å². The molecule has 1 aliphatic rings. The lowest BCUT2D eigenvalue weighted by Crippen LogP contribution is -2.19. The summed E-state index contributed by atoms with van der Waals surface area (Å²) in [5.74, 6) is 0. The molecule has 0 bridgehead atoms. The monoisotopic (exact) mass is 211 g/mol. The maximum atomic E-state index is 5.69. The van der Waals surface area contributed by atoms with E-state index in [1.54, 1.807) is 0 Å². The lowest BCUT2D eigenvalue weighted by Gasteiger charge is -2.12. The zero-order valence-electron chi connectivity index (χ0n) is 10.0. The molecule has 0 aromatic rings. The van der Waals surface area contributed by atoms with Crippen LogP contribution in [-0.2, 0) is 4.74 Å². The molecule has 1 aliphatic carbocycles. The standard InChI is InChI=1S/C13H25NO/c1-3-4-5-11-15-12(2)7-6-10-14-13-8-9-13/h3,12-14H,1,4-11H2,2H3. The molecule has 1 atom stereocenters. The molecule has 0 aliphatic heterocycles. The summed E-state index contributed by atoms with van der Waals surface area (Å²) in [5.41, 5.74) is 0. The van der Waals surface area contributed by atoms with E-state index >= 15 is 0 Å². The zero-order chi connectivity index (χ0) is 10.9. The van der Waals surface area contributed by atoms with Crippen molar-refractivity contribution in [3.8, 4) is 0 Å². The van der Waals surface area contributed by atoms with Crippen molar-refractivity contribution in [2.24, 2.45) is 0 Å². The van der Waals surface area contributed by atoms with E-state index in [1.807, 2.05) is 6.08 Å². The summed E-state index contributed by atoms with van der Waals surface area (Å²) in [5, 5.41) is 3.52. The second-order valence-electron chi connectivity index (χ2n) is 4.48. The van der Waals surface area contributed by atoms with Gasteiger partial charge in [0.2, 0.25) is 0 Å². The number of hydrogen-bond acceptors (Lipinski definition) is 2. The van der Waals surface area contributed by atoms with Gasteiger partial charge in [0, 0.05) is 12.6 Å². The van der Waals surface area contributed by atoms with Gasteiger partial charge in [-0.1, -0.05) is 6.08 Å². The van der Waals surface area contributed by atoms with Crippen molar-refractivity contribution >= 4 is 0 Å². The van der Waals surface area contributed by atoms with Gasteiger partial charge < -0.3 is 10.1 Å². The molecule has 1 fully saturated rings. The molecule has 0 spiro atoms. The van der Waals surface area contributed by atoms with E-state index in [9.17, 15) is 0 Å². The lowest BCUT2D eigenvalue weighted by atomic mass is 10.2. The molecule has 88 valence electrons. The molecule has 0 aromatic carbocycles. The molecular weight excluding hydrogens is 186 g/mol. The van der Waals surface area contributed by atoms with Crippen LogP contribution in [0.2, 0.25) is 0 Å². The van der Waals surface area contributed by atoms with Gasteiger partial charge in [-0.05, 0) is 52.0 Å². The molecule has 0 radical (unpaired) electrons. The number of rotatable bonds is 10. The van der Waals surface area contributed by atoms with Crippen LogP contribution in [0.3, 0.4) is 0 Å². The van der Waals surface area contributed by atoms with Crippen LogP contribution in [-0.4, -0.2) is 25.3 Å². The van der Waals surface area contributed by atoms with Crippen molar-refractivity contribution in [1.29, 1.82) is 0 Å². The Labute approximate surface area is 94.1 Å². The van der Waals surface area contributed by atoms with Crippen LogP contribution < -0.4 is 5.32 Å². The fraction of sp³-hybridized carbons (Fsp3) is 0.846. The molecule has 15 heavy (non-hydrogen) atoms. The van der Waals surface area contributed by atoms with Gasteiger partial charge in [-0.2, -0.15) is 0 Å². The summed E-state index contributed by atoms with van der Waals surface area (Å²) in [4.78, 5) is 0. The number of allylic oxidation sites excluding steroid dienone is 1. The van der Waals surface area contributed by atoms with E-state index in [0.717, 1.165) is 32.0 Å². The Bertz CT molecular complexity index is 166. The maximum Gasteiger partial charge on any atom is 0.0547 e. The number of nitrogens with one attached hydrogen (secondary N) is 1. The quantitative estimate of drug-likeness (QED) is 0.443. The Kier molecular flexibility index (Phi) is 6.69. The fourth-order valence-electron chi connectivity index (χ4n) is 1.58. The first kappa shape index (κ1) is 12.7. The zero-order valence-corrected chi connectivity index (χ0v) is 10.0. The molecule has 1 saturated carbocycles. The number of hydrogen-bond donors (Lipinski definition) is 1. The molecule has 0 heterocycles. The minimum Gasteiger partial charge on any atom is -0.378 e. The Hall–Kier alpha value is -0.340. The summed E-state index contributed by atoms with van der Waals surface area (Å²) in [6.07, 6.45) is 9.71. The Balaban J connectivity index is 1.79. The lowest BCUT2D eigenvalue weighted by molar-refractivity contribution is 0.0578. The fourth-order valence-corrected chi connectivity index (χ4v) is 1.58. The van der Waals surface area contributed by atoms with E-state index in [2.05, 4.69) is 18.8 Å². The molecule has 2 nitrogen and oxygen atoms in total. The first-order chi connectivity index (χ1) is 7.33. The summed E-state index contributed by atoms with van der Waals surface area (Å²) in [7, 11) is 0. The summed E-state index contributed by atoms with van der Waals surface area (Å²) >= 11 is 0. The predicted octanol–water partition coefficient (Wildman–Crippen LogP) is 2.89. The van der Waals surface area contributed by atoms with Crippen molar-refractivity contribution in [3.05, 3.63) is 12.7 Å². The molecule has 2 heteroatoms. The highest BCUT2D eigenvalue weighted by Crippen LogP contribution is 2.18. The number of unbranched alkanes of at least 4 members (excludes halogenated alkanes) is 1. The topological polar surface area (TPSA) is 21.3 Å². The maximum absolute atomic E-state index is 5.69. The highest BCUT2D eigenvalue weighted by Gasteiger charge is 2.19. The molecule has 1 unspecified atom stereocenters. The minimum atomic E-state index is 0.413. The van der Waals surface area contributed by atoms with E-state index in [4.69, 9.17) is 4.74 Å². The van der Waals surface area contributed by atoms with Crippen LogP contribution in [0.25, 0.3) is 0 Å². The highest BCUT2D eigenvalue weighted by molar-refractivity contribution is 4.80. The van der Waals surface area contributed by atoms with Crippen molar-refractivity contribution in [2.75, 3.05) is 13.2 Å². The minimum absolute atomic E-state index is 0.413. The van der Waals surface area contributed by atoms with Crippen molar-refractivity contribution in [1.82, 2.24) is 5.32 Å². The van der Waals surface area contributed by atoms with Gasteiger partial charge >= 0.3 is 0 Å². The smallest absolute Gasteiger partial charge is 0.0547 e. The average molecular weight is 211 g/mol. The third kappa shape index (κ3) is 7.57. The van der Waals surface area contributed by atoms with E-state index in [-0.39, 0.29) is 0 Å². The molecule has 1 rings (SSSR count). The summed E-state index contributed by atoms with van der Waals surface area (Å²) < 4.78 is 5.69. The molecule has 0 amide bonds. The second kappa shape index (κ2) is 7.89. The highest BCUT2D eigenvalue weighted by atomic mass is 16.5. The van der Waals surface area contributed by atoms with Gasteiger partial charge in [-0.3, -0.25) is 0 Å². The summed E-state index contributed by atoms with van der Waals surface area (Å²) in [6, 6.07) is 0.841.